The summed E-state index contributed by atoms with van der Waals surface area (Å²) in [5.74, 6) is -4.05. The van der Waals surface area contributed by atoms with E-state index in [1.54, 1.807) is 6.92 Å². The second-order valence-corrected chi connectivity index (χ2v) is 4.87. The highest BCUT2D eigenvalue weighted by atomic mass is 19.1. The zero-order valence-corrected chi connectivity index (χ0v) is 11.9. The number of nitrogens with zero attached hydrogens (tertiary/aromatic N) is 1. The van der Waals surface area contributed by atoms with E-state index in [-0.39, 0.29) is 18.7 Å². The van der Waals surface area contributed by atoms with Gasteiger partial charge >= 0.3 is 5.97 Å². The predicted octanol–water partition coefficient (Wildman–Crippen LogP) is 2.32. The minimum absolute atomic E-state index is 0.0105. The van der Waals surface area contributed by atoms with Gasteiger partial charge in [0.15, 0.2) is 17.4 Å². The van der Waals surface area contributed by atoms with Gasteiger partial charge in [0.1, 0.15) is 11.8 Å². The Balaban J connectivity index is 2.14. The van der Waals surface area contributed by atoms with Gasteiger partial charge in [-0.15, -0.1) is 0 Å². The second kappa shape index (κ2) is 6.55. The van der Waals surface area contributed by atoms with E-state index in [2.05, 4.69) is 0 Å². The molecule has 118 valence electrons. The smallest absolute Gasteiger partial charge is 0.326 e. The molecule has 22 heavy (non-hydrogen) atoms. The van der Waals surface area contributed by atoms with Crippen LogP contribution >= 0.6 is 0 Å². The zero-order chi connectivity index (χ0) is 16.3. The van der Waals surface area contributed by atoms with E-state index >= 15 is 0 Å². The molecule has 0 spiro atoms. The Morgan fingerprint density at radius 1 is 1.41 bits per heavy atom. The van der Waals surface area contributed by atoms with Crippen LogP contribution in [0.5, 0.6) is 5.75 Å². The fraction of sp³-hybridized carbons (Fsp3) is 0.333. The number of hydrogen-bond acceptors (Lipinski definition) is 3. The summed E-state index contributed by atoms with van der Waals surface area (Å²) in [6, 6.07) is 2.27. The van der Waals surface area contributed by atoms with Crippen LogP contribution in [0.3, 0.4) is 0 Å². The van der Waals surface area contributed by atoms with Crippen molar-refractivity contribution >= 4 is 11.9 Å². The maximum atomic E-state index is 13.5. The first-order valence-corrected chi connectivity index (χ1v) is 6.80. The first-order chi connectivity index (χ1) is 10.4. The first kappa shape index (κ1) is 15.9. The highest BCUT2D eigenvalue weighted by Gasteiger charge is 2.34. The molecule has 1 aliphatic heterocycles. The molecule has 0 saturated carbocycles. The standard InChI is InChI=1S/C15H15F2NO4/c1-2-4-12(15(20)21)18-8-9(7-13(18)19)22-14-10(16)5-3-6-11(14)17/h3,5-7,12H,2,4,8H2,1H3,(H,20,21)/t12-/m0/s1. The van der Waals surface area contributed by atoms with Crippen molar-refractivity contribution in [2.75, 3.05) is 6.54 Å². The van der Waals surface area contributed by atoms with Crippen molar-refractivity contribution in [1.82, 2.24) is 4.90 Å². The van der Waals surface area contributed by atoms with Crippen molar-refractivity contribution in [3.8, 4) is 5.75 Å². The summed E-state index contributed by atoms with van der Waals surface area (Å²) in [5.41, 5.74) is 0. The van der Waals surface area contributed by atoms with Gasteiger partial charge in [-0.2, -0.15) is 0 Å². The molecule has 5 nitrogen and oxygen atoms in total. The summed E-state index contributed by atoms with van der Waals surface area (Å²) in [5, 5.41) is 9.17. The van der Waals surface area contributed by atoms with Crippen molar-refractivity contribution in [2.24, 2.45) is 0 Å². The molecule has 1 aromatic rings. The number of hydrogen-bond donors (Lipinski definition) is 1. The van der Waals surface area contributed by atoms with Gasteiger partial charge in [-0.05, 0) is 18.6 Å². The number of amides is 1. The fourth-order valence-electron chi connectivity index (χ4n) is 2.23. The van der Waals surface area contributed by atoms with Crippen LogP contribution in [0.15, 0.2) is 30.0 Å². The predicted molar refractivity (Wildman–Crippen MR) is 73.1 cm³/mol. The number of benzene rings is 1. The molecule has 0 radical (unpaired) electrons. The van der Waals surface area contributed by atoms with Crippen LogP contribution in [0.25, 0.3) is 0 Å². The van der Waals surface area contributed by atoms with Gasteiger partial charge in [0.25, 0.3) is 5.91 Å². The van der Waals surface area contributed by atoms with Crippen LogP contribution < -0.4 is 4.74 Å². The van der Waals surface area contributed by atoms with Crippen molar-refractivity contribution in [2.45, 2.75) is 25.8 Å². The van der Waals surface area contributed by atoms with Crippen LogP contribution in [-0.2, 0) is 9.59 Å². The van der Waals surface area contributed by atoms with E-state index in [0.717, 1.165) is 23.1 Å². The topological polar surface area (TPSA) is 66.8 Å². The van der Waals surface area contributed by atoms with Crippen LogP contribution in [0.4, 0.5) is 8.78 Å². The summed E-state index contributed by atoms with van der Waals surface area (Å²) in [7, 11) is 0. The molecule has 0 saturated heterocycles. The van der Waals surface area contributed by atoms with Crippen molar-refractivity contribution in [1.29, 1.82) is 0 Å². The van der Waals surface area contributed by atoms with Crippen molar-refractivity contribution in [3.63, 3.8) is 0 Å². The molecule has 1 amide bonds. The summed E-state index contributed by atoms with van der Waals surface area (Å²) >= 11 is 0. The highest BCUT2D eigenvalue weighted by molar-refractivity contribution is 5.94. The molecule has 0 fully saturated rings. The van der Waals surface area contributed by atoms with E-state index in [4.69, 9.17) is 9.84 Å². The van der Waals surface area contributed by atoms with E-state index < -0.39 is 35.3 Å². The third kappa shape index (κ3) is 3.24. The van der Waals surface area contributed by atoms with Gasteiger partial charge in [-0.25, -0.2) is 13.6 Å². The molecule has 0 bridgehead atoms. The molecule has 0 aromatic heterocycles. The van der Waals surface area contributed by atoms with Gasteiger partial charge in [0, 0.05) is 6.08 Å². The normalized spacial score (nSPS) is 15.7. The Morgan fingerprint density at radius 2 is 2.05 bits per heavy atom. The molecular weight excluding hydrogens is 296 g/mol. The molecule has 7 heteroatoms. The monoisotopic (exact) mass is 311 g/mol. The molecule has 1 aliphatic rings. The average molecular weight is 311 g/mol. The maximum absolute atomic E-state index is 13.5. The SMILES string of the molecule is CCC[C@@H](C(=O)O)N1CC(Oc2c(F)cccc2F)=CC1=O. The van der Waals surface area contributed by atoms with E-state index in [0.29, 0.717) is 6.42 Å². The third-order valence-corrected chi connectivity index (χ3v) is 3.27. The number of carboxylic acid groups (broad SMARTS) is 1. The molecule has 1 atom stereocenters. The van der Waals surface area contributed by atoms with E-state index in [9.17, 15) is 18.4 Å². The van der Waals surface area contributed by atoms with Crippen LogP contribution in [0, 0.1) is 11.6 Å². The minimum Gasteiger partial charge on any atom is -0.480 e. The lowest BCUT2D eigenvalue weighted by atomic mass is 10.1. The van der Waals surface area contributed by atoms with Gasteiger partial charge in [0.2, 0.25) is 0 Å². The van der Waals surface area contributed by atoms with Crippen molar-refractivity contribution in [3.05, 3.63) is 41.7 Å². The first-order valence-electron chi connectivity index (χ1n) is 6.80. The number of rotatable bonds is 6. The van der Waals surface area contributed by atoms with E-state index in [1.807, 2.05) is 0 Å². The number of carbonyl (C=O) groups excluding carboxylic acids is 1. The van der Waals surface area contributed by atoms with Crippen LogP contribution in [-0.4, -0.2) is 34.5 Å². The molecular formula is C15H15F2NO4. The molecule has 0 unspecified atom stereocenters. The lowest BCUT2D eigenvalue weighted by molar-refractivity contribution is -0.147. The lowest BCUT2D eigenvalue weighted by Gasteiger charge is -2.24. The Hall–Kier alpha value is -2.44. The summed E-state index contributed by atoms with van der Waals surface area (Å²) < 4.78 is 32.1. The van der Waals surface area contributed by atoms with Crippen molar-refractivity contribution < 1.29 is 28.2 Å². The van der Waals surface area contributed by atoms with Crippen LogP contribution in [0.2, 0.25) is 0 Å². The fourth-order valence-corrected chi connectivity index (χ4v) is 2.23. The highest BCUT2D eigenvalue weighted by Crippen LogP contribution is 2.26. The number of carbonyl (C=O) groups is 2. The molecule has 0 aliphatic carbocycles. The Kier molecular flexibility index (Phi) is 4.75. The molecule has 1 aromatic carbocycles. The Bertz CT molecular complexity index is 610. The Morgan fingerprint density at radius 3 is 2.59 bits per heavy atom. The molecule has 1 heterocycles. The van der Waals surface area contributed by atoms with Crippen LogP contribution in [0.1, 0.15) is 19.8 Å². The largest absolute Gasteiger partial charge is 0.480 e. The summed E-state index contributed by atoms with van der Waals surface area (Å²) in [6.07, 6.45) is 1.92. The number of aliphatic carboxylic acids is 1. The number of ether oxygens (including phenoxy) is 1. The van der Waals surface area contributed by atoms with Gasteiger partial charge in [-0.3, -0.25) is 4.79 Å². The van der Waals surface area contributed by atoms with E-state index in [1.165, 1.54) is 6.07 Å². The second-order valence-electron chi connectivity index (χ2n) is 4.87. The Labute approximate surface area is 125 Å². The third-order valence-electron chi connectivity index (χ3n) is 3.27. The van der Waals surface area contributed by atoms with Gasteiger partial charge < -0.3 is 14.7 Å². The molecule has 1 N–H and O–H groups in total. The number of carboxylic acids is 1. The van der Waals surface area contributed by atoms with Gasteiger partial charge in [0.05, 0.1) is 6.54 Å². The minimum atomic E-state index is -1.12. The maximum Gasteiger partial charge on any atom is 0.326 e. The lowest BCUT2D eigenvalue weighted by Crippen LogP contribution is -2.42. The number of para-hydroxylation sites is 1. The van der Waals surface area contributed by atoms with Gasteiger partial charge in [-0.1, -0.05) is 19.4 Å². The number of halogens is 2. The zero-order valence-electron chi connectivity index (χ0n) is 11.9. The summed E-state index contributed by atoms with van der Waals surface area (Å²) in [6.45, 7) is 1.67. The summed E-state index contributed by atoms with van der Waals surface area (Å²) in [4.78, 5) is 24.2. The quantitative estimate of drug-likeness (QED) is 0.875. The molecule has 2 rings (SSSR count). The average Bonchev–Trinajstić information content (AvgIpc) is 2.81.